The highest BCUT2D eigenvalue weighted by Crippen LogP contribution is 2.52. The van der Waals surface area contributed by atoms with E-state index in [1.807, 2.05) is 39.8 Å². The number of unbranched alkanes of at least 4 members (excludes halogenated alkanes) is 7. The van der Waals surface area contributed by atoms with Gasteiger partial charge in [-0.15, -0.1) is 0 Å². The third-order valence-corrected chi connectivity index (χ3v) is 26.5. The molecule has 1 aliphatic carbocycles. The van der Waals surface area contributed by atoms with E-state index < -0.39 is 275 Å². The fraction of sp³-hybridized carbons (Fsp3) is 0.536. The van der Waals surface area contributed by atoms with Crippen LogP contribution in [-0.2, 0) is 76.9 Å². The summed E-state index contributed by atoms with van der Waals surface area (Å²) in [4.78, 5) is 133. The molecule has 1 saturated carbocycles. The van der Waals surface area contributed by atoms with Crippen molar-refractivity contribution in [2.45, 2.75) is 286 Å². The van der Waals surface area contributed by atoms with E-state index in [0.29, 0.717) is 13.0 Å². The number of nitrogens with one attached hydrogen (secondary N) is 6. The topological polar surface area (TPSA) is 590 Å². The van der Waals surface area contributed by atoms with Gasteiger partial charge in [0.1, 0.15) is 108 Å². The highest BCUT2D eigenvalue weighted by molar-refractivity contribution is 6.32. The number of hydrogen-bond acceptors (Lipinski definition) is 31. The first-order valence-electron chi connectivity index (χ1n) is 45.9. The maximum atomic E-state index is 16.7. The fourth-order valence-electron chi connectivity index (χ4n) is 18.2. The van der Waals surface area contributed by atoms with Crippen LogP contribution in [0.4, 0.5) is 0 Å². The number of aliphatic hydroxyl groups excluding tert-OH is 11. The minimum absolute atomic E-state index is 0.00354. The van der Waals surface area contributed by atoms with Gasteiger partial charge in [-0.3, -0.25) is 43.2 Å². The number of halogens is 2. The first kappa shape index (κ1) is 105. The molecular weight excluding hydrogens is 1800 g/mol. The van der Waals surface area contributed by atoms with Gasteiger partial charge in [-0.05, 0) is 165 Å². The Labute approximate surface area is 790 Å². The number of aryl methyl sites for hydroxylation is 1. The standard InChI is InChI=1S/C97H125Cl2N7O29/c1-7-9-10-11-12-13-14-17-49-19-21-50(22-20-49)42-102-97(6)41-57(31-48(5)90(97)125)131-89-87(124)85(122)74(45-108)134-96(89)135-88-72-36-55-37-73(88)133-71-28-25-54(34-63(71)99)81(118)79-94(129)106-95(130-46-109)60-40-66(112)61(43-101-29-16-15-18-65(111)83(120)86(123)84(121)69(115)44-107)82(119)76(60)59-32-52(23-26-64(59)110)58(93(128)105-79)39-68(114)77(55)103-92(127)56(38-75(100)116)35-67(113)78(104-91(126)51(8-2)30-47(3)4)80(117)53-24-27-70(132-72)62(98)33-53/h19-28,32-34,36-37,40,46-48,51,56-58,69,74,77-81,83-87,89-90,95-96,101-102,107-108,110,112,115,117-125H,7-18,29-31,35,38-39,41-45H2,1-6H3,(H2,100,116)(H,103,127)(H,104,126)(H,105,128)(H,106,129)/t48-,51-,56+,57-,58-,69-,74-,77-,78+,79+,80-,81-,83+,84-,85?,86-,87?,89-,90-,95-,96+,97?/m1/s1. The maximum Gasteiger partial charge on any atom is 0.295 e. The molecular formula is C97H125Cl2N7O29. The van der Waals surface area contributed by atoms with Crippen molar-refractivity contribution in [1.29, 1.82) is 0 Å². The number of nitrogens with two attached hydrogens (primary N) is 1. The Morgan fingerprint density at radius 2 is 1.33 bits per heavy atom. The number of aromatic hydroxyl groups is 3. The molecule has 6 heterocycles. The van der Waals surface area contributed by atoms with E-state index in [1.54, 1.807) is 6.92 Å². The number of phenols is 3. The summed E-state index contributed by atoms with van der Waals surface area (Å²) < 4.78 is 39.5. The van der Waals surface area contributed by atoms with Gasteiger partial charge in [-0.1, -0.05) is 139 Å². The summed E-state index contributed by atoms with van der Waals surface area (Å²) in [5, 5.41) is 175. The van der Waals surface area contributed by atoms with Crippen LogP contribution in [0, 0.1) is 23.7 Å². The van der Waals surface area contributed by atoms with E-state index in [9.17, 15) is 90.7 Å². The first-order valence-corrected chi connectivity index (χ1v) is 46.6. The van der Waals surface area contributed by atoms with Gasteiger partial charge in [0.05, 0.1) is 52.9 Å². The Hall–Kier alpha value is -10.1. The van der Waals surface area contributed by atoms with E-state index in [-0.39, 0.29) is 102 Å². The smallest absolute Gasteiger partial charge is 0.295 e. The molecule has 0 radical (unpaired) electrons. The molecule has 0 spiro atoms. The number of fused-ring (bicyclic) bond motifs is 15. The van der Waals surface area contributed by atoms with Gasteiger partial charge in [-0.25, -0.2) is 0 Å². The molecule has 38 heteroatoms. The summed E-state index contributed by atoms with van der Waals surface area (Å²) in [6, 6.07) is 15.6. The molecule has 6 aromatic carbocycles. The van der Waals surface area contributed by atoms with Crippen LogP contribution in [0.1, 0.15) is 226 Å². The first-order chi connectivity index (χ1) is 64.3. The third-order valence-electron chi connectivity index (χ3n) is 25.9. The zero-order chi connectivity index (χ0) is 98.1. The van der Waals surface area contributed by atoms with Gasteiger partial charge in [0.2, 0.25) is 47.8 Å². The number of carbonyl (C=O) groups is 9. The van der Waals surface area contributed by atoms with Crippen molar-refractivity contribution >= 4 is 76.6 Å². The second-order valence-corrected chi connectivity index (χ2v) is 37.3. The van der Waals surface area contributed by atoms with Crippen LogP contribution >= 0.6 is 23.2 Å². The largest absolute Gasteiger partial charge is 0.507 e. The lowest BCUT2D eigenvalue weighted by Crippen LogP contribution is -2.64. The van der Waals surface area contributed by atoms with Gasteiger partial charge in [0.15, 0.2) is 28.8 Å². The number of benzene rings is 6. The molecule has 6 aromatic rings. The van der Waals surface area contributed by atoms with Crippen molar-refractivity contribution in [3.05, 3.63) is 152 Å². The van der Waals surface area contributed by atoms with Crippen LogP contribution in [0.3, 0.4) is 0 Å². The number of ether oxygens (including phenoxy) is 6. The molecule has 1 saturated heterocycles. The Balaban J connectivity index is 1.06. The normalized spacial score (nSPS) is 26.1. The van der Waals surface area contributed by atoms with Crippen molar-refractivity contribution in [2.24, 2.45) is 29.4 Å². The molecule has 22 atom stereocenters. The van der Waals surface area contributed by atoms with Crippen LogP contribution in [0.25, 0.3) is 11.1 Å². The molecule has 736 valence electrons. The molecule has 7 aliphatic rings. The number of primary amides is 1. The minimum atomic E-state index is -2.26. The zero-order valence-corrected chi connectivity index (χ0v) is 77.5. The molecule has 5 amide bonds. The third kappa shape index (κ3) is 25.9. The summed E-state index contributed by atoms with van der Waals surface area (Å²) >= 11 is 14.5. The van der Waals surface area contributed by atoms with Gasteiger partial charge in [0.25, 0.3) is 6.47 Å². The summed E-state index contributed by atoms with van der Waals surface area (Å²) in [5.74, 6) is -18.8. The predicted molar refractivity (Wildman–Crippen MR) is 488 cm³/mol. The molecule has 3 unspecified atom stereocenters. The van der Waals surface area contributed by atoms with Crippen LogP contribution < -0.4 is 51.8 Å². The number of carbonyl (C=O) groups excluding carboxylic acids is 9. The summed E-state index contributed by atoms with van der Waals surface area (Å²) in [6.45, 7) is 9.12. The number of ketones is 3. The molecule has 11 bridgehead atoms. The average molecular weight is 1920 g/mol. The number of amides is 5. The van der Waals surface area contributed by atoms with E-state index in [4.69, 9.17) is 57.4 Å². The second kappa shape index (κ2) is 47.8. The van der Waals surface area contributed by atoms with Crippen molar-refractivity contribution in [3.63, 3.8) is 0 Å². The summed E-state index contributed by atoms with van der Waals surface area (Å²) in [7, 11) is 0. The Bertz CT molecular complexity index is 5170. The van der Waals surface area contributed by atoms with Gasteiger partial charge < -0.3 is 138 Å². The Morgan fingerprint density at radius 3 is 1.96 bits per heavy atom. The van der Waals surface area contributed by atoms with Crippen molar-refractivity contribution in [1.82, 2.24) is 31.9 Å². The predicted octanol–water partition coefficient (Wildman–Crippen LogP) is 6.62. The van der Waals surface area contributed by atoms with Crippen molar-refractivity contribution in [3.8, 4) is 57.1 Å². The lowest BCUT2D eigenvalue weighted by Gasteiger charge is -2.48. The van der Waals surface area contributed by atoms with Crippen molar-refractivity contribution in [2.75, 3.05) is 19.8 Å². The molecule has 13 rings (SSSR count). The highest BCUT2D eigenvalue weighted by Gasteiger charge is 2.52. The van der Waals surface area contributed by atoms with E-state index >= 15 is 24.0 Å². The monoisotopic (exact) mass is 1920 g/mol. The zero-order valence-electron chi connectivity index (χ0n) is 76.0. The molecule has 135 heavy (non-hydrogen) atoms. The van der Waals surface area contributed by atoms with E-state index in [2.05, 4.69) is 51.0 Å². The van der Waals surface area contributed by atoms with Gasteiger partial charge in [0, 0.05) is 66.9 Å². The second-order valence-electron chi connectivity index (χ2n) is 36.5. The summed E-state index contributed by atoms with van der Waals surface area (Å²) in [6.07, 6.45) is -19.1. The quantitative estimate of drug-likeness (QED) is 0.0144. The van der Waals surface area contributed by atoms with E-state index in [0.717, 1.165) is 67.3 Å². The summed E-state index contributed by atoms with van der Waals surface area (Å²) in [5.41, 5.74) is 4.19. The van der Waals surface area contributed by atoms with Crippen LogP contribution in [0.5, 0.6) is 46.0 Å². The number of Topliss-reactive ketones (excluding diaryl/α,β-unsaturated/α-hetero) is 3. The fourth-order valence-corrected chi connectivity index (χ4v) is 18.6. The minimum Gasteiger partial charge on any atom is -0.507 e. The molecule has 2 fully saturated rings. The Kier molecular flexibility index (Phi) is 37.3. The SMILES string of the molecule is CCCCCCCCCc1ccc(CNC2(C)C[C@H](O[C@@H]3C(O)C(O)[C@@H](CO)O[C@H]3Oc3c4cc5cc3Oc3ccc(cc3Cl)[C@@H](O)[C@@H](NC(=O)[C@H](CC)CC(C)C)C(=O)C[C@@H](CC(N)=O)C(=O)N[C@H]5C(=O)C[C@H]3C(=O)N[C@H](C(=O)N[C@H](OC=O)c5cc(O)c(CNCCCCC(=O)[C@H](O)[C@@H](O)[C@H](O)[C@H](O)CO)c(O)c5-c5cc3ccc5O)[C@H](O)c3ccc(c(Cl)c3)O4)C[C@@H](C)[C@H]2O)cc1. The van der Waals surface area contributed by atoms with Crippen LogP contribution in [0.15, 0.2) is 97.1 Å². The lowest BCUT2D eigenvalue weighted by molar-refractivity contribution is -0.299. The number of phenolic OH excluding ortho intramolecular Hbond substituents is 3. The van der Waals surface area contributed by atoms with Crippen LogP contribution in [-0.4, -0.2) is 230 Å². The number of hydrogen-bond donors (Lipinski definition) is 21. The van der Waals surface area contributed by atoms with Crippen LogP contribution in [0.2, 0.25) is 10.0 Å². The highest BCUT2D eigenvalue weighted by atomic mass is 35.5. The average Bonchev–Trinajstić information content (AvgIpc) is 0.757. The maximum absolute atomic E-state index is 16.7. The molecule has 6 aliphatic heterocycles. The van der Waals surface area contributed by atoms with E-state index in [1.165, 1.54) is 68.0 Å². The van der Waals surface area contributed by atoms with Gasteiger partial charge >= 0.3 is 0 Å². The molecule has 22 N–H and O–H groups in total. The van der Waals surface area contributed by atoms with Gasteiger partial charge in [-0.2, -0.15) is 0 Å². The molecule has 36 nitrogen and oxygen atoms in total. The number of rotatable bonds is 37. The Morgan fingerprint density at radius 1 is 0.689 bits per heavy atom. The molecule has 0 aromatic heterocycles. The van der Waals surface area contributed by atoms with Crippen molar-refractivity contribution < 1.29 is 143 Å². The lowest BCUT2D eigenvalue weighted by atomic mass is 9.73. The number of aliphatic hydroxyl groups is 11.